The maximum absolute atomic E-state index is 11.5. The van der Waals surface area contributed by atoms with Gasteiger partial charge in [-0.15, -0.1) is 0 Å². The maximum atomic E-state index is 11.5. The third-order valence-electron chi connectivity index (χ3n) is 4.49. The van der Waals surface area contributed by atoms with E-state index in [1.807, 2.05) is 32.1 Å². The van der Waals surface area contributed by atoms with Gasteiger partial charge in [-0.1, -0.05) is 57.9 Å². The molecule has 0 saturated carbocycles. The van der Waals surface area contributed by atoms with Crippen LogP contribution in [0.1, 0.15) is 52.9 Å². The number of hydrogen-bond donors (Lipinski definition) is 2. The van der Waals surface area contributed by atoms with Crippen LogP contribution in [-0.4, -0.2) is 22.2 Å². The summed E-state index contributed by atoms with van der Waals surface area (Å²) in [7, 11) is 0. The van der Waals surface area contributed by atoms with E-state index < -0.39 is 22.9 Å². The predicted octanol–water partition coefficient (Wildman–Crippen LogP) is 4.19. The van der Waals surface area contributed by atoms with Gasteiger partial charge in [-0.25, -0.2) is 9.59 Å². The van der Waals surface area contributed by atoms with Crippen LogP contribution in [0.5, 0.6) is 0 Å². The first-order valence-electron chi connectivity index (χ1n) is 8.00. The van der Waals surface area contributed by atoms with Gasteiger partial charge < -0.3 is 10.2 Å². The number of carboxylic acid groups (broad SMARTS) is 2. The highest BCUT2D eigenvalue weighted by Gasteiger charge is 2.41. The van der Waals surface area contributed by atoms with Gasteiger partial charge in [-0.3, -0.25) is 0 Å². The first kappa shape index (κ1) is 18.2. The lowest BCUT2D eigenvalue weighted by molar-refractivity contribution is -0.140. The normalized spacial score (nSPS) is 23.3. The van der Waals surface area contributed by atoms with Crippen molar-refractivity contribution in [2.75, 3.05) is 0 Å². The molecule has 0 spiro atoms. The quantitative estimate of drug-likeness (QED) is 0.400. The van der Waals surface area contributed by atoms with Gasteiger partial charge in [-0.05, 0) is 30.8 Å². The summed E-state index contributed by atoms with van der Waals surface area (Å²) in [5.74, 6) is -2.55. The van der Waals surface area contributed by atoms with Gasteiger partial charge in [0.2, 0.25) is 0 Å². The summed E-state index contributed by atoms with van der Waals surface area (Å²) >= 11 is 0. The van der Waals surface area contributed by atoms with Gasteiger partial charge in [0.15, 0.2) is 0 Å². The van der Waals surface area contributed by atoms with E-state index in [-0.39, 0.29) is 5.92 Å². The van der Waals surface area contributed by atoms with Crippen molar-refractivity contribution in [2.24, 2.45) is 11.3 Å². The van der Waals surface area contributed by atoms with Gasteiger partial charge >= 0.3 is 11.9 Å². The fraction of sp³-hybridized carbons (Fsp3) is 0.556. The van der Waals surface area contributed by atoms with Crippen LogP contribution in [0.4, 0.5) is 0 Å². The molecule has 4 heteroatoms. The zero-order chi connectivity index (χ0) is 16.8. The van der Waals surface area contributed by atoms with Gasteiger partial charge in [0.1, 0.15) is 5.57 Å². The third kappa shape index (κ3) is 3.49. The van der Waals surface area contributed by atoms with Crippen LogP contribution >= 0.6 is 0 Å². The second-order valence-corrected chi connectivity index (χ2v) is 5.75. The Balaban J connectivity index is 3.57. The molecular weight excluding hydrogens is 280 g/mol. The van der Waals surface area contributed by atoms with Crippen molar-refractivity contribution < 1.29 is 19.8 Å². The lowest BCUT2D eigenvalue weighted by Crippen LogP contribution is -2.34. The lowest BCUT2D eigenvalue weighted by atomic mass is 9.62. The second-order valence-electron chi connectivity index (χ2n) is 5.75. The van der Waals surface area contributed by atoms with E-state index in [9.17, 15) is 19.8 Å². The van der Waals surface area contributed by atoms with Crippen LogP contribution in [0.3, 0.4) is 0 Å². The van der Waals surface area contributed by atoms with E-state index in [0.29, 0.717) is 18.4 Å². The van der Waals surface area contributed by atoms with Crippen molar-refractivity contribution in [3.63, 3.8) is 0 Å². The number of carbonyl (C=O) groups is 2. The second kappa shape index (κ2) is 7.97. The molecule has 0 heterocycles. The van der Waals surface area contributed by atoms with Crippen LogP contribution in [-0.2, 0) is 9.59 Å². The minimum Gasteiger partial charge on any atom is -0.477 e. The number of aliphatic carboxylic acids is 2. The first-order valence-corrected chi connectivity index (χ1v) is 8.00. The molecule has 0 aromatic carbocycles. The summed E-state index contributed by atoms with van der Waals surface area (Å²) in [6.07, 6.45) is 11.8. The van der Waals surface area contributed by atoms with Crippen molar-refractivity contribution in [3.8, 4) is 0 Å². The zero-order valence-electron chi connectivity index (χ0n) is 13.6. The lowest BCUT2D eigenvalue weighted by Gasteiger charge is -2.41. The molecule has 0 amide bonds. The molecule has 22 heavy (non-hydrogen) atoms. The molecule has 0 fully saturated rings. The Morgan fingerprint density at radius 3 is 2.14 bits per heavy atom. The molecule has 1 aliphatic carbocycles. The summed E-state index contributed by atoms with van der Waals surface area (Å²) in [6.45, 7) is 6.04. The van der Waals surface area contributed by atoms with Gasteiger partial charge in [0.25, 0.3) is 0 Å². The highest BCUT2D eigenvalue weighted by atomic mass is 16.4. The topological polar surface area (TPSA) is 74.6 Å². The minimum atomic E-state index is -1.35. The third-order valence-corrected chi connectivity index (χ3v) is 4.49. The molecule has 2 N–H and O–H groups in total. The predicted molar refractivity (Wildman–Crippen MR) is 86.6 cm³/mol. The van der Waals surface area contributed by atoms with Crippen LogP contribution in [0.25, 0.3) is 0 Å². The molecule has 1 aliphatic rings. The van der Waals surface area contributed by atoms with E-state index in [4.69, 9.17) is 0 Å². The maximum Gasteiger partial charge on any atom is 0.343 e. The molecule has 1 rings (SSSR count). The van der Waals surface area contributed by atoms with E-state index in [2.05, 4.69) is 13.0 Å². The molecule has 0 saturated heterocycles. The Morgan fingerprint density at radius 2 is 1.68 bits per heavy atom. The standard InChI is InChI=1S/C18H26O4/c1-4-9-13-11-7-8-12-18(13,6-3)14(10-5-2)15(16(19)20)17(21)22/h7-8,11-13H,4-6,9-10H2,1-3H3,(H,19,20)(H,21,22). The average Bonchev–Trinajstić information content (AvgIpc) is 2.47. The molecule has 0 bridgehead atoms. The van der Waals surface area contributed by atoms with Gasteiger partial charge in [0, 0.05) is 5.41 Å². The SMILES string of the molecule is CCCC(=C(C(=O)O)C(=O)O)C1(CC)C=CC=CC1CCC. The van der Waals surface area contributed by atoms with Crippen molar-refractivity contribution in [1.29, 1.82) is 0 Å². The van der Waals surface area contributed by atoms with Crippen molar-refractivity contribution in [2.45, 2.75) is 52.9 Å². The smallest absolute Gasteiger partial charge is 0.343 e. The van der Waals surface area contributed by atoms with Crippen LogP contribution in [0.2, 0.25) is 0 Å². The molecule has 122 valence electrons. The van der Waals surface area contributed by atoms with E-state index >= 15 is 0 Å². The van der Waals surface area contributed by atoms with E-state index in [0.717, 1.165) is 19.3 Å². The summed E-state index contributed by atoms with van der Waals surface area (Å²) in [6, 6.07) is 0. The van der Waals surface area contributed by atoms with Crippen LogP contribution < -0.4 is 0 Å². The number of rotatable bonds is 8. The monoisotopic (exact) mass is 306 g/mol. The van der Waals surface area contributed by atoms with Crippen molar-refractivity contribution in [3.05, 3.63) is 35.5 Å². The highest BCUT2D eigenvalue weighted by Crippen LogP contribution is 2.48. The van der Waals surface area contributed by atoms with E-state index in [1.54, 1.807) is 0 Å². The summed E-state index contributed by atoms with van der Waals surface area (Å²) in [5.41, 5.74) is -0.409. The Morgan fingerprint density at radius 1 is 1.05 bits per heavy atom. The number of carboxylic acids is 2. The molecule has 4 nitrogen and oxygen atoms in total. The molecule has 2 unspecified atom stereocenters. The minimum absolute atomic E-state index is 0.141. The fourth-order valence-electron chi connectivity index (χ4n) is 3.49. The van der Waals surface area contributed by atoms with Crippen molar-refractivity contribution >= 4 is 11.9 Å². The molecule has 0 aliphatic heterocycles. The summed E-state index contributed by atoms with van der Waals surface area (Å²) in [4.78, 5) is 23.1. The van der Waals surface area contributed by atoms with Gasteiger partial charge in [-0.2, -0.15) is 0 Å². The summed E-state index contributed by atoms with van der Waals surface area (Å²) in [5, 5.41) is 18.8. The number of allylic oxidation sites excluding steroid dienone is 5. The Hall–Kier alpha value is -1.84. The Kier molecular flexibility index (Phi) is 6.60. The van der Waals surface area contributed by atoms with Crippen molar-refractivity contribution in [1.82, 2.24) is 0 Å². The fourth-order valence-corrected chi connectivity index (χ4v) is 3.49. The Bertz CT molecular complexity index is 497. The molecule has 0 aromatic heterocycles. The van der Waals surface area contributed by atoms with Gasteiger partial charge in [0.05, 0.1) is 0 Å². The van der Waals surface area contributed by atoms with Crippen LogP contribution in [0.15, 0.2) is 35.5 Å². The molecule has 0 radical (unpaired) electrons. The molecule has 2 atom stereocenters. The molecular formula is C18H26O4. The zero-order valence-corrected chi connectivity index (χ0v) is 13.6. The highest BCUT2D eigenvalue weighted by molar-refractivity contribution is 6.13. The van der Waals surface area contributed by atoms with Crippen LogP contribution in [0, 0.1) is 11.3 Å². The Labute approximate surface area is 132 Å². The summed E-state index contributed by atoms with van der Waals surface area (Å²) < 4.78 is 0. The largest absolute Gasteiger partial charge is 0.477 e. The first-order chi connectivity index (χ1) is 10.4. The van der Waals surface area contributed by atoms with E-state index in [1.165, 1.54) is 0 Å². The average molecular weight is 306 g/mol. The number of hydrogen-bond acceptors (Lipinski definition) is 2. The molecule has 0 aromatic rings.